The number of Topliss-reactive ketones (excluding diaryl/α,β-unsaturated/α-hetero) is 2. The largest absolute Gasteiger partial charge is 0.511 e. The van der Waals surface area contributed by atoms with Gasteiger partial charge in [0, 0.05) is 43.9 Å². The zero-order valence-corrected chi connectivity index (χ0v) is 22.0. The van der Waals surface area contributed by atoms with Crippen LogP contribution in [0.4, 0.5) is 0 Å². The van der Waals surface area contributed by atoms with Crippen LogP contribution in [-0.4, -0.2) is 33.6 Å². The highest BCUT2D eigenvalue weighted by Crippen LogP contribution is 2.36. The zero-order chi connectivity index (χ0) is 26.6. The summed E-state index contributed by atoms with van der Waals surface area (Å²) >= 11 is 0. The van der Waals surface area contributed by atoms with E-state index < -0.39 is 0 Å². The van der Waals surface area contributed by atoms with Crippen LogP contribution in [0.3, 0.4) is 0 Å². The summed E-state index contributed by atoms with van der Waals surface area (Å²) in [5.41, 5.74) is 4.33. The molecule has 3 unspecified atom stereocenters. The average molecular weight is 511 g/mol. The van der Waals surface area contributed by atoms with E-state index >= 15 is 0 Å². The maximum atomic E-state index is 13.3. The Morgan fingerprint density at radius 3 is 2.18 bits per heavy atom. The minimum absolute atomic E-state index is 0.0157. The molecule has 2 aliphatic carbocycles. The molecule has 5 rings (SSSR count). The molecule has 1 aromatic heterocycles. The van der Waals surface area contributed by atoms with Crippen molar-refractivity contribution in [2.75, 3.05) is 0 Å². The predicted octanol–water partition coefficient (Wildman–Crippen LogP) is 6.72. The van der Waals surface area contributed by atoms with Gasteiger partial charge in [-0.2, -0.15) is 0 Å². The molecule has 6 nitrogen and oxygen atoms in total. The number of hydrogen-bond donors (Lipinski definition) is 1. The molecule has 0 radical (unpaired) electrons. The third-order valence-electron chi connectivity index (χ3n) is 7.81. The van der Waals surface area contributed by atoms with Crippen molar-refractivity contribution in [3.8, 4) is 0 Å². The highest BCUT2D eigenvalue weighted by Gasteiger charge is 2.34. The van der Waals surface area contributed by atoms with Gasteiger partial charge in [-0.05, 0) is 42.7 Å². The molecule has 0 spiro atoms. The molecule has 196 valence electrons. The lowest BCUT2D eigenvalue weighted by Crippen LogP contribution is -2.27. The van der Waals surface area contributed by atoms with Crippen LogP contribution >= 0.6 is 0 Å². The van der Waals surface area contributed by atoms with Crippen molar-refractivity contribution in [2.24, 2.45) is 4.99 Å². The van der Waals surface area contributed by atoms with Gasteiger partial charge >= 0.3 is 0 Å². The Morgan fingerprint density at radius 2 is 1.55 bits per heavy atom. The van der Waals surface area contributed by atoms with Gasteiger partial charge < -0.3 is 9.63 Å². The van der Waals surface area contributed by atoms with E-state index in [2.05, 4.69) is 12.1 Å². The van der Waals surface area contributed by atoms with Gasteiger partial charge in [0.05, 0.1) is 16.8 Å². The number of aromatic nitrogens is 1. The van der Waals surface area contributed by atoms with Crippen LogP contribution < -0.4 is 0 Å². The quantitative estimate of drug-likeness (QED) is 0.281. The number of benzene rings is 2. The molecule has 3 atom stereocenters. The average Bonchev–Trinajstić information content (AvgIpc) is 3.36. The fourth-order valence-corrected chi connectivity index (χ4v) is 5.59. The van der Waals surface area contributed by atoms with E-state index in [4.69, 9.17) is 9.52 Å². The highest BCUT2D eigenvalue weighted by molar-refractivity contribution is 6.24. The van der Waals surface area contributed by atoms with Gasteiger partial charge in [0.25, 0.3) is 0 Å². The molecule has 1 N–H and O–H groups in total. The fourth-order valence-electron chi connectivity index (χ4n) is 5.59. The Hall–Kier alpha value is -3.80. The molecule has 38 heavy (non-hydrogen) atoms. The van der Waals surface area contributed by atoms with E-state index in [0.717, 1.165) is 17.5 Å². The number of carbonyl (C=O) groups is 2. The first-order chi connectivity index (χ1) is 18.4. The summed E-state index contributed by atoms with van der Waals surface area (Å²) < 4.78 is 5.60. The number of hydrogen-bond acceptors (Lipinski definition) is 6. The van der Waals surface area contributed by atoms with Crippen molar-refractivity contribution >= 4 is 17.3 Å². The van der Waals surface area contributed by atoms with Crippen LogP contribution in [0.2, 0.25) is 0 Å². The van der Waals surface area contributed by atoms with Crippen LogP contribution in [0, 0.1) is 0 Å². The summed E-state index contributed by atoms with van der Waals surface area (Å²) in [6, 6.07) is 20.1. The minimum atomic E-state index is -0.0892. The van der Waals surface area contributed by atoms with Crippen LogP contribution in [0.1, 0.15) is 90.7 Å². The Morgan fingerprint density at radius 1 is 0.947 bits per heavy atom. The van der Waals surface area contributed by atoms with E-state index in [-0.39, 0.29) is 41.6 Å². The molecular weight excluding hydrogens is 476 g/mol. The fraction of sp³-hybridized carbons (Fsp3) is 0.375. The number of allylic oxidation sites excluding steroid dienone is 2. The molecule has 2 aliphatic rings. The third-order valence-corrected chi connectivity index (χ3v) is 7.81. The number of carbonyl (C=O) groups excluding carboxylic acids is 2. The second-order valence-corrected chi connectivity index (χ2v) is 10.5. The monoisotopic (exact) mass is 510 g/mol. The van der Waals surface area contributed by atoms with Gasteiger partial charge in [0.2, 0.25) is 0 Å². The predicted molar refractivity (Wildman–Crippen MR) is 147 cm³/mol. The molecule has 1 heterocycles. The van der Waals surface area contributed by atoms with Gasteiger partial charge in [-0.3, -0.25) is 14.6 Å². The first-order valence-corrected chi connectivity index (χ1v) is 13.6. The summed E-state index contributed by atoms with van der Waals surface area (Å²) in [7, 11) is 0. The number of aryl methyl sites for hydroxylation is 1. The molecular formula is C32H34N2O4. The van der Waals surface area contributed by atoms with Crippen LogP contribution in [0.25, 0.3) is 0 Å². The second kappa shape index (κ2) is 11.3. The first-order valence-electron chi connectivity index (χ1n) is 13.6. The normalized spacial score (nSPS) is 22.8. The lowest BCUT2D eigenvalue weighted by Gasteiger charge is -2.26. The van der Waals surface area contributed by atoms with Gasteiger partial charge in [-0.25, -0.2) is 0 Å². The molecule has 0 bridgehead atoms. The van der Waals surface area contributed by atoms with Crippen molar-refractivity contribution in [2.45, 2.75) is 76.7 Å². The number of nitrogens with zero attached hydrogens (tertiary/aromatic N) is 2. The number of rotatable bonds is 7. The van der Waals surface area contributed by atoms with E-state index in [1.165, 1.54) is 0 Å². The molecule has 2 aromatic carbocycles. The van der Waals surface area contributed by atoms with Crippen LogP contribution in [0.15, 0.2) is 81.5 Å². The SMILES string of the molecule is CCC(C)N=C1CC(c2ccccc2)CC(=O)/C1=C(\O)CCc1noc2c1C(=O)CC(c1ccccc1)C2. The van der Waals surface area contributed by atoms with Gasteiger partial charge in [-0.1, -0.05) is 72.7 Å². The summed E-state index contributed by atoms with van der Waals surface area (Å²) in [6.45, 7) is 4.08. The lowest BCUT2D eigenvalue weighted by molar-refractivity contribution is -0.116. The number of aliphatic hydroxyl groups excluding tert-OH is 1. The van der Waals surface area contributed by atoms with E-state index in [0.29, 0.717) is 60.4 Å². The van der Waals surface area contributed by atoms with Crippen LogP contribution in [0.5, 0.6) is 0 Å². The number of ketones is 2. The Balaban J connectivity index is 1.36. The smallest absolute Gasteiger partial charge is 0.168 e. The van der Waals surface area contributed by atoms with Crippen molar-refractivity contribution in [3.63, 3.8) is 0 Å². The molecule has 0 aliphatic heterocycles. The molecule has 1 saturated carbocycles. The van der Waals surface area contributed by atoms with Crippen molar-refractivity contribution in [1.82, 2.24) is 5.16 Å². The standard InChI is InChI=1S/C32H34N2O4/c1-3-20(2)33-26-16-23(21-10-6-4-7-11-21)17-28(36)31(26)27(35)15-14-25-32-29(37)18-24(19-30(32)38-34-25)22-12-8-5-9-13-22/h4-13,20,23-24,35H,3,14-19H2,1-2H3/b31-27-,33-26?. The lowest BCUT2D eigenvalue weighted by atomic mass is 9.78. The summed E-state index contributed by atoms with van der Waals surface area (Å²) in [5.74, 6) is 0.669. The molecule has 3 aromatic rings. The second-order valence-electron chi connectivity index (χ2n) is 10.5. The highest BCUT2D eigenvalue weighted by atomic mass is 16.5. The molecule has 0 saturated heterocycles. The Kier molecular flexibility index (Phi) is 7.68. The Bertz CT molecular complexity index is 1370. The van der Waals surface area contributed by atoms with Gasteiger partial charge in [0.15, 0.2) is 11.6 Å². The van der Waals surface area contributed by atoms with E-state index in [1.807, 2.05) is 67.6 Å². The number of aliphatic imine (C=N–C) groups is 1. The maximum absolute atomic E-state index is 13.3. The van der Waals surface area contributed by atoms with Crippen LogP contribution in [-0.2, 0) is 17.6 Å². The van der Waals surface area contributed by atoms with Crippen molar-refractivity contribution in [3.05, 3.63) is 100 Å². The van der Waals surface area contributed by atoms with Crippen molar-refractivity contribution < 1.29 is 19.2 Å². The van der Waals surface area contributed by atoms with Crippen molar-refractivity contribution in [1.29, 1.82) is 0 Å². The van der Waals surface area contributed by atoms with Gasteiger partial charge in [0.1, 0.15) is 11.5 Å². The summed E-state index contributed by atoms with van der Waals surface area (Å²) in [5, 5.41) is 15.4. The van der Waals surface area contributed by atoms with Gasteiger partial charge in [-0.15, -0.1) is 0 Å². The summed E-state index contributed by atoms with van der Waals surface area (Å²) in [6.07, 6.45) is 3.34. The number of aliphatic hydroxyl groups is 1. The zero-order valence-electron chi connectivity index (χ0n) is 22.0. The maximum Gasteiger partial charge on any atom is 0.168 e. The molecule has 0 amide bonds. The summed E-state index contributed by atoms with van der Waals surface area (Å²) in [4.78, 5) is 31.2. The Labute approximate surface area is 223 Å². The third kappa shape index (κ3) is 5.40. The van der Waals surface area contributed by atoms with E-state index in [9.17, 15) is 14.7 Å². The van der Waals surface area contributed by atoms with E-state index in [1.54, 1.807) is 0 Å². The minimum Gasteiger partial charge on any atom is -0.511 e. The molecule has 1 fully saturated rings. The first kappa shape index (κ1) is 25.8. The molecule has 6 heteroatoms. The number of fused-ring (bicyclic) bond motifs is 1. The topological polar surface area (TPSA) is 92.8 Å².